The number of allylic oxidation sites excluding steroid dienone is 1. The molecule has 0 fully saturated rings. The number of hydrogen-bond donors (Lipinski definition) is 2. The highest BCUT2D eigenvalue weighted by molar-refractivity contribution is 4.79. The van der Waals surface area contributed by atoms with Crippen LogP contribution in [-0.4, -0.2) is 5.21 Å². The van der Waals surface area contributed by atoms with Gasteiger partial charge in [-0.2, -0.15) is 5.23 Å². The lowest BCUT2D eigenvalue weighted by atomic mass is 10.6. The molecule has 3 nitrogen and oxygen atoms in total. The van der Waals surface area contributed by atoms with Crippen LogP contribution < -0.4 is 5.23 Å². The first-order valence-electron chi connectivity index (χ1n) is 1.78. The maximum Gasteiger partial charge on any atom is 0.179 e. The Hall–Kier alpha value is -0.600. The van der Waals surface area contributed by atoms with Crippen molar-refractivity contribution in [3.8, 4) is 0 Å². The van der Waals surface area contributed by atoms with Gasteiger partial charge in [0.15, 0.2) is 5.70 Å². The minimum absolute atomic E-state index is 0.153. The summed E-state index contributed by atoms with van der Waals surface area (Å²) in [6.45, 7) is 4.58. The van der Waals surface area contributed by atoms with E-state index in [0.29, 0.717) is 0 Å². The molecule has 2 N–H and O–H groups in total. The molecule has 40 valence electrons. The van der Waals surface area contributed by atoms with Crippen molar-refractivity contribution in [2.75, 3.05) is 0 Å². The normalized spacial score (nSPS) is 12.4. The average molecular weight is 101 g/mol. The molecule has 7 heavy (non-hydrogen) atoms. The van der Waals surface area contributed by atoms with Crippen molar-refractivity contribution >= 4 is 0 Å². The van der Waals surface area contributed by atoms with Crippen molar-refractivity contribution in [2.24, 2.45) is 0 Å². The Bertz CT molecular complexity index is 102. The molecular weight excluding hydrogens is 94.0 g/mol. The monoisotopic (exact) mass is 101 g/mol. The Kier molecular flexibility index (Phi) is 2.33. The first kappa shape index (κ1) is 6.40. The second kappa shape index (κ2) is 2.55. The van der Waals surface area contributed by atoms with E-state index in [0.717, 1.165) is 0 Å². The lowest BCUT2D eigenvalue weighted by Gasteiger charge is -2.07. The molecule has 0 radical (unpaired) electrons. The zero-order chi connectivity index (χ0) is 5.86. The zero-order valence-electron chi connectivity index (χ0n) is 4.06. The maximum atomic E-state index is 9.79. The van der Waals surface area contributed by atoms with Gasteiger partial charge in [0, 0.05) is 6.92 Å². The van der Waals surface area contributed by atoms with Crippen LogP contribution in [0.15, 0.2) is 18.0 Å². The van der Waals surface area contributed by atoms with E-state index in [2.05, 4.69) is 12.3 Å². The minimum Gasteiger partial charge on any atom is -0.595 e. The van der Waals surface area contributed by atoms with Crippen LogP contribution in [0, 0.1) is 5.21 Å². The molecule has 0 saturated heterocycles. The van der Waals surface area contributed by atoms with Crippen LogP contribution in [-0.2, 0) is 0 Å². The van der Waals surface area contributed by atoms with Crippen molar-refractivity contribution in [3.05, 3.63) is 23.2 Å². The predicted molar refractivity (Wildman–Crippen MR) is 24.4 cm³/mol. The number of hydroxylamine groups is 2. The van der Waals surface area contributed by atoms with Gasteiger partial charge >= 0.3 is 0 Å². The van der Waals surface area contributed by atoms with Gasteiger partial charge in [0.1, 0.15) is 0 Å². The van der Waals surface area contributed by atoms with Gasteiger partial charge in [-0.15, -0.1) is 0 Å². The summed E-state index contributed by atoms with van der Waals surface area (Å²) in [5.41, 5.74) is 2.38. The molecule has 0 rings (SSSR count). The van der Waals surface area contributed by atoms with E-state index in [1.807, 2.05) is 0 Å². The second-order valence-corrected chi connectivity index (χ2v) is 1.11. The molecule has 0 aromatic carbocycles. The molecule has 0 aliphatic heterocycles. The summed E-state index contributed by atoms with van der Waals surface area (Å²) in [5, 5.41) is 16.9. The van der Waals surface area contributed by atoms with E-state index in [-0.39, 0.29) is 5.70 Å². The summed E-state index contributed by atoms with van der Waals surface area (Å²) in [6.07, 6.45) is 0. The van der Waals surface area contributed by atoms with Gasteiger partial charge in [-0.3, -0.25) is 0 Å². The van der Waals surface area contributed by atoms with Crippen molar-refractivity contribution in [2.45, 2.75) is 6.92 Å². The van der Waals surface area contributed by atoms with Gasteiger partial charge in [-0.1, -0.05) is 12.3 Å². The van der Waals surface area contributed by atoms with Crippen molar-refractivity contribution in [1.29, 1.82) is 0 Å². The van der Waals surface area contributed by atoms with Crippen molar-refractivity contribution in [3.63, 3.8) is 0 Å². The van der Waals surface area contributed by atoms with Gasteiger partial charge < -0.3 is 5.21 Å². The Morgan fingerprint density at radius 1 is 2.00 bits per heavy atom. The first-order chi connectivity index (χ1) is 3.18. The van der Waals surface area contributed by atoms with E-state index in [4.69, 9.17) is 5.21 Å². The third-order valence-electron chi connectivity index (χ3n) is 0.586. The number of quaternary nitrogens is 1. The van der Waals surface area contributed by atoms with Gasteiger partial charge in [0.05, 0.1) is 0 Å². The third-order valence-corrected chi connectivity index (χ3v) is 0.586. The van der Waals surface area contributed by atoms with Gasteiger partial charge in [0.2, 0.25) is 0 Å². The Balaban J connectivity index is 3.81. The average Bonchev–Trinajstić information content (AvgIpc) is 1.65. The van der Waals surface area contributed by atoms with E-state index in [9.17, 15) is 5.21 Å². The quantitative estimate of drug-likeness (QED) is 0.344. The fourth-order valence-electron chi connectivity index (χ4n) is 0.0756. The molecule has 0 aromatic rings. The fraction of sp³-hybridized carbons (Fsp3) is 0.250. The standard InChI is InChI=1S/C4H7NO2/c1-3-4(2)5(6)7/h5-6H,1H2,2H3. The molecular formula is C4H7NO2. The Labute approximate surface area is 41.7 Å². The highest BCUT2D eigenvalue weighted by Crippen LogP contribution is 1.66. The smallest absolute Gasteiger partial charge is 0.179 e. The summed E-state index contributed by atoms with van der Waals surface area (Å²) in [4.78, 5) is 0. The van der Waals surface area contributed by atoms with Gasteiger partial charge in [0.25, 0.3) is 0 Å². The highest BCUT2D eigenvalue weighted by atomic mass is 16.8. The molecule has 1 atom stereocenters. The molecule has 0 aliphatic rings. The third kappa shape index (κ3) is 2.14. The SMILES string of the molecule is C=C=C(C)[NH+]([O-])O. The van der Waals surface area contributed by atoms with Crippen molar-refractivity contribution in [1.82, 2.24) is 0 Å². The lowest BCUT2D eigenvalue weighted by Crippen LogP contribution is -3.02. The summed E-state index contributed by atoms with van der Waals surface area (Å²) in [5.74, 6) is 0. The molecule has 3 heteroatoms. The van der Waals surface area contributed by atoms with Crippen LogP contribution in [0.2, 0.25) is 0 Å². The molecule has 1 unspecified atom stereocenters. The molecule has 0 aromatic heterocycles. The molecule has 0 saturated carbocycles. The van der Waals surface area contributed by atoms with Crippen LogP contribution >= 0.6 is 0 Å². The van der Waals surface area contributed by atoms with Crippen molar-refractivity contribution < 1.29 is 10.4 Å². The first-order valence-corrected chi connectivity index (χ1v) is 1.78. The largest absolute Gasteiger partial charge is 0.595 e. The number of nitrogens with one attached hydrogen (secondary N) is 1. The molecule has 0 amide bonds. The Morgan fingerprint density at radius 2 is 2.43 bits per heavy atom. The Morgan fingerprint density at radius 3 is 2.43 bits per heavy atom. The van der Waals surface area contributed by atoms with Crippen LogP contribution in [0.5, 0.6) is 0 Å². The van der Waals surface area contributed by atoms with Crippen LogP contribution in [0.1, 0.15) is 6.92 Å². The molecule has 0 bridgehead atoms. The van der Waals surface area contributed by atoms with E-state index >= 15 is 0 Å². The summed E-state index contributed by atoms with van der Waals surface area (Å²) >= 11 is 0. The van der Waals surface area contributed by atoms with Gasteiger partial charge in [-0.05, 0) is 0 Å². The second-order valence-electron chi connectivity index (χ2n) is 1.11. The maximum absolute atomic E-state index is 9.79. The van der Waals surface area contributed by atoms with E-state index in [1.54, 1.807) is 0 Å². The van der Waals surface area contributed by atoms with Crippen LogP contribution in [0.3, 0.4) is 0 Å². The molecule has 0 aliphatic carbocycles. The highest BCUT2D eigenvalue weighted by Gasteiger charge is 1.87. The molecule has 0 spiro atoms. The zero-order valence-corrected chi connectivity index (χ0v) is 4.06. The van der Waals surface area contributed by atoms with Crippen LogP contribution in [0.4, 0.5) is 0 Å². The summed E-state index contributed by atoms with van der Waals surface area (Å²) in [6, 6.07) is 0. The summed E-state index contributed by atoms with van der Waals surface area (Å²) < 4.78 is 0. The molecule has 0 heterocycles. The van der Waals surface area contributed by atoms with E-state index < -0.39 is 5.23 Å². The predicted octanol–water partition coefficient (Wildman–Crippen LogP) is -0.553. The van der Waals surface area contributed by atoms with Crippen LogP contribution in [0.25, 0.3) is 0 Å². The van der Waals surface area contributed by atoms with E-state index in [1.165, 1.54) is 6.92 Å². The lowest BCUT2D eigenvalue weighted by molar-refractivity contribution is -1.01. The minimum atomic E-state index is -0.963. The summed E-state index contributed by atoms with van der Waals surface area (Å²) in [7, 11) is 0. The topological polar surface area (TPSA) is 47.7 Å². The fourth-order valence-corrected chi connectivity index (χ4v) is 0.0756. The number of rotatable bonds is 1. The number of hydrogen-bond acceptors (Lipinski definition) is 2. The van der Waals surface area contributed by atoms with Gasteiger partial charge in [-0.25, -0.2) is 5.21 Å².